The number of anilines is 2. The predicted octanol–water partition coefficient (Wildman–Crippen LogP) is 7.63. The third-order valence-corrected chi connectivity index (χ3v) is 7.26. The molecule has 0 aliphatic rings. The minimum Gasteiger partial charge on any atom is -0.322 e. The number of thiazole rings is 1. The third kappa shape index (κ3) is 6.61. The molecule has 2 N–H and O–H groups in total. The van der Waals surface area contributed by atoms with Crippen LogP contribution >= 0.6 is 46.3 Å². The summed E-state index contributed by atoms with van der Waals surface area (Å²) in [6.07, 6.45) is 0. The molecule has 0 aliphatic carbocycles. The standard InChI is InChI=1S/C25H18Cl2FN3O2S2/c1-14(23(32)31-25-30-22(13-34-25)15-2-5-17(28)6-3-15)35-19-9-7-18(8-10-19)29-24(33)20-11-4-16(26)12-21(20)27/h2-14H,1H3,(H,29,33)(H,30,31,32). The zero-order valence-electron chi connectivity index (χ0n) is 18.2. The Morgan fingerprint density at radius 2 is 1.71 bits per heavy atom. The van der Waals surface area contributed by atoms with E-state index in [1.54, 1.807) is 43.3 Å². The fourth-order valence-electron chi connectivity index (χ4n) is 3.04. The summed E-state index contributed by atoms with van der Waals surface area (Å²) >= 11 is 14.7. The lowest BCUT2D eigenvalue weighted by molar-refractivity contribution is -0.115. The summed E-state index contributed by atoms with van der Waals surface area (Å²) in [6.45, 7) is 1.80. The maximum absolute atomic E-state index is 13.1. The lowest BCUT2D eigenvalue weighted by atomic mass is 10.2. The highest BCUT2D eigenvalue weighted by Crippen LogP contribution is 2.29. The second-order valence-electron chi connectivity index (χ2n) is 7.40. The molecule has 10 heteroatoms. The summed E-state index contributed by atoms with van der Waals surface area (Å²) in [5.74, 6) is -0.849. The molecule has 0 bridgehead atoms. The van der Waals surface area contributed by atoms with E-state index < -0.39 is 0 Å². The number of amides is 2. The van der Waals surface area contributed by atoms with E-state index in [9.17, 15) is 14.0 Å². The topological polar surface area (TPSA) is 71.1 Å². The Labute approximate surface area is 219 Å². The van der Waals surface area contributed by atoms with Crippen LogP contribution in [0.3, 0.4) is 0 Å². The van der Waals surface area contributed by atoms with Crippen molar-refractivity contribution in [1.29, 1.82) is 0 Å². The molecule has 0 aliphatic heterocycles. The zero-order valence-corrected chi connectivity index (χ0v) is 21.4. The average molecular weight is 546 g/mol. The minimum atomic E-state index is -0.388. The van der Waals surface area contributed by atoms with Crippen molar-refractivity contribution >= 4 is 68.9 Å². The molecule has 0 spiro atoms. The van der Waals surface area contributed by atoms with E-state index in [0.29, 0.717) is 27.1 Å². The van der Waals surface area contributed by atoms with Crippen LogP contribution in [0.25, 0.3) is 11.3 Å². The van der Waals surface area contributed by atoms with Gasteiger partial charge in [-0.3, -0.25) is 9.59 Å². The lowest BCUT2D eigenvalue weighted by Gasteiger charge is -2.11. The monoisotopic (exact) mass is 545 g/mol. The molecule has 178 valence electrons. The van der Waals surface area contributed by atoms with Crippen molar-refractivity contribution in [3.8, 4) is 11.3 Å². The van der Waals surface area contributed by atoms with Gasteiger partial charge in [0.05, 0.1) is 21.5 Å². The van der Waals surface area contributed by atoms with E-state index >= 15 is 0 Å². The molecule has 2 amide bonds. The number of carbonyl (C=O) groups excluding carboxylic acids is 2. The van der Waals surface area contributed by atoms with Crippen LogP contribution in [0, 0.1) is 5.82 Å². The van der Waals surface area contributed by atoms with E-state index in [2.05, 4.69) is 15.6 Å². The molecule has 1 aromatic heterocycles. The SMILES string of the molecule is CC(Sc1ccc(NC(=O)c2ccc(Cl)cc2Cl)cc1)C(=O)Nc1nc(-c2ccc(F)cc2)cs1. The van der Waals surface area contributed by atoms with Crippen LogP contribution in [-0.2, 0) is 4.79 Å². The zero-order chi connectivity index (χ0) is 24.9. The van der Waals surface area contributed by atoms with Crippen molar-refractivity contribution < 1.29 is 14.0 Å². The van der Waals surface area contributed by atoms with Gasteiger partial charge in [-0.2, -0.15) is 0 Å². The van der Waals surface area contributed by atoms with Crippen molar-refractivity contribution in [3.05, 3.63) is 93.5 Å². The van der Waals surface area contributed by atoms with E-state index in [4.69, 9.17) is 23.2 Å². The van der Waals surface area contributed by atoms with Gasteiger partial charge in [0.2, 0.25) is 5.91 Å². The maximum atomic E-state index is 13.1. The Kier molecular flexibility index (Phi) is 8.07. The molecule has 3 aromatic carbocycles. The number of rotatable bonds is 7. The largest absolute Gasteiger partial charge is 0.322 e. The smallest absolute Gasteiger partial charge is 0.257 e. The predicted molar refractivity (Wildman–Crippen MR) is 142 cm³/mol. The molecule has 5 nitrogen and oxygen atoms in total. The highest BCUT2D eigenvalue weighted by Gasteiger charge is 2.17. The Morgan fingerprint density at radius 1 is 1.00 bits per heavy atom. The van der Waals surface area contributed by atoms with Gasteiger partial charge in [-0.25, -0.2) is 9.37 Å². The Balaban J connectivity index is 1.32. The van der Waals surface area contributed by atoms with Gasteiger partial charge in [0.15, 0.2) is 5.13 Å². The fraction of sp³-hybridized carbons (Fsp3) is 0.0800. The molecule has 35 heavy (non-hydrogen) atoms. The molecular formula is C25H18Cl2FN3O2S2. The number of nitrogens with one attached hydrogen (secondary N) is 2. The average Bonchev–Trinajstić information content (AvgIpc) is 3.29. The van der Waals surface area contributed by atoms with Gasteiger partial charge in [0.25, 0.3) is 5.91 Å². The molecular weight excluding hydrogens is 528 g/mol. The van der Waals surface area contributed by atoms with Crippen LogP contribution in [0.4, 0.5) is 15.2 Å². The van der Waals surface area contributed by atoms with Crippen LogP contribution in [0.15, 0.2) is 77.0 Å². The highest BCUT2D eigenvalue weighted by atomic mass is 35.5. The van der Waals surface area contributed by atoms with Crippen LogP contribution < -0.4 is 10.6 Å². The summed E-state index contributed by atoms with van der Waals surface area (Å²) in [5, 5.41) is 8.23. The first kappa shape index (κ1) is 25.2. The molecule has 0 radical (unpaired) electrons. The van der Waals surface area contributed by atoms with E-state index in [1.807, 2.05) is 17.5 Å². The van der Waals surface area contributed by atoms with Gasteiger partial charge < -0.3 is 10.6 Å². The number of aromatic nitrogens is 1. The summed E-state index contributed by atoms with van der Waals surface area (Å²) in [7, 11) is 0. The van der Waals surface area contributed by atoms with Crippen LogP contribution in [0.5, 0.6) is 0 Å². The van der Waals surface area contributed by atoms with Gasteiger partial charge in [0.1, 0.15) is 5.82 Å². The molecule has 4 aromatic rings. The molecule has 4 rings (SSSR count). The normalized spacial score (nSPS) is 11.7. The second-order valence-corrected chi connectivity index (χ2v) is 10.5. The van der Waals surface area contributed by atoms with Crippen molar-refractivity contribution in [3.63, 3.8) is 0 Å². The number of thioether (sulfide) groups is 1. The Bertz CT molecular complexity index is 1360. The van der Waals surface area contributed by atoms with Crippen molar-refractivity contribution in [2.45, 2.75) is 17.1 Å². The second kappa shape index (κ2) is 11.2. The Morgan fingerprint density at radius 3 is 2.40 bits per heavy atom. The quantitative estimate of drug-likeness (QED) is 0.234. The maximum Gasteiger partial charge on any atom is 0.257 e. The van der Waals surface area contributed by atoms with Gasteiger partial charge in [-0.15, -0.1) is 23.1 Å². The first-order chi connectivity index (χ1) is 16.8. The molecule has 1 unspecified atom stereocenters. The molecule has 1 heterocycles. The number of benzene rings is 3. The van der Waals surface area contributed by atoms with Gasteiger partial charge in [-0.05, 0) is 73.7 Å². The fourth-order valence-corrected chi connectivity index (χ4v) is 5.12. The number of nitrogens with zero attached hydrogens (tertiary/aromatic N) is 1. The number of halogens is 3. The number of hydrogen-bond acceptors (Lipinski definition) is 5. The van der Waals surface area contributed by atoms with E-state index in [-0.39, 0.29) is 27.9 Å². The minimum absolute atomic E-state index is 0.190. The van der Waals surface area contributed by atoms with Gasteiger partial charge >= 0.3 is 0 Å². The van der Waals surface area contributed by atoms with Crippen molar-refractivity contribution in [2.75, 3.05) is 10.6 Å². The molecule has 0 saturated heterocycles. The number of carbonyl (C=O) groups is 2. The summed E-state index contributed by atoms with van der Waals surface area (Å²) in [6, 6.07) is 17.9. The summed E-state index contributed by atoms with van der Waals surface area (Å²) in [4.78, 5) is 30.4. The first-order valence-corrected chi connectivity index (χ1v) is 12.9. The van der Waals surface area contributed by atoms with Gasteiger partial charge in [-0.1, -0.05) is 23.2 Å². The molecule has 0 fully saturated rings. The number of hydrogen-bond donors (Lipinski definition) is 2. The van der Waals surface area contributed by atoms with Gasteiger partial charge in [0, 0.05) is 26.5 Å². The third-order valence-electron chi connectivity index (χ3n) is 4.84. The van der Waals surface area contributed by atoms with Crippen LogP contribution in [0.1, 0.15) is 17.3 Å². The van der Waals surface area contributed by atoms with Crippen LogP contribution in [0.2, 0.25) is 10.0 Å². The van der Waals surface area contributed by atoms with E-state index in [1.165, 1.54) is 41.3 Å². The van der Waals surface area contributed by atoms with E-state index in [0.717, 1.165) is 10.5 Å². The summed E-state index contributed by atoms with van der Waals surface area (Å²) < 4.78 is 13.1. The Hall–Kier alpha value is -2.91. The molecule has 1 atom stereocenters. The van der Waals surface area contributed by atoms with Crippen molar-refractivity contribution in [2.24, 2.45) is 0 Å². The van der Waals surface area contributed by atoms with Crippen LogP contribution in [-0.4, -0.2) is 22.0 Å². The molecule has 0 saturated carbocycles. The first-order valence-electron chi connectivity index (χ1n) is 10.3. The highest BCUT2D eigenvalue weighted by molar-refractivity contribution is 8.00. The van der Waals surface area contributed by atoms with Crippen molar-refractivity contribution in [1.82, 2.24) is 4.98 Å². The summed E-state index contributed by atoms with van der Waals surface area (Å²) in [5.41, 5.74) is 2.36. The lowest BCUT2D eigenvalue weighted by Crippen LogP contribution is -2.22.